The Hall–Kier alpha value is -4.92. The van der Waals surface area contributed by atoms with Crippen LogP contribution in [0.4, 0.5) is 10.5 Å². The zero-order valence-corrected chi connectivity index (χ0v) is 19.4. The van der Waals surface area contributed by atoms with Crippen molar-refractivity contribution < 1.29 is 33.8 Å². The predicted molar refractivity (Wildman–Crippen MR) is 128 cm³/mol. The number of aromatic carboxylic acids is 1. The smallest absolute Gasteiger partial charge is 0.335 e. The minimum absolute atomic E-state index is 0.0404. The molecule has 1 N–H and O–H groups in total. The van der Waals surface area contributed by atoms with Gasteiger partial charge in [-0.15, -0.1) is 0 Å². The summed E-state index contributed by atoms with van der Waals surface area (Å²) in [4.78, 5) is 50.0. The molecule has 1 aliphatic rings. The number of para-hydroxylation sites is 1. The van der Waals surface area contributed by atoms with E-state index in [2.05, 4.69) is 5.32 Å². The molecule has 0 radical (unpaired) electrons. The van der Waals surface area contributed by atoms with E-state index in [4.69, 9.17) is 9.47 Å². The van der Waals surface area contributed by atoms with Crippen LogP contribution < -0.4 is 24.8 Å². The number of urea groups is 1. The molecule has 1 saturated heterocycles. The number of amides is 4. The number of aryl methyl sites for hydroxylation is 1. The lowest BCUT2D eigenvalue weighted by Gasteiger charge is -2.27. The number of nitrogens with zero attached hydrogens (tertiary/aromatic N) is 1. The number of barbiturate groups is 1. The van der Waals surface area contributed by atoms with Gasteiger partial charge < -0.3 is 19.4 Å². The maximum atomic E-state index is 13.1. The SMILES string of the molecule is COc1cc(/C=C2/C(=O)NC(=O)N(c3ccccc3C)C2=O)ccc1OCc1cccc(C(=O)[O-])c1. The van der Waals surface area contributed by atoms with Crippen molar-refractivity contribution >= 4 is 35.6 Å². The highest BCUT2D eigenvalue weighted by atomic mass is 16.5. The molecule has 0 aromatic heterocycles. The van der Waals surface area contributed by atoms with Gasteiger partial charge in [-0.1, -0.05) is 42.5 Å². The molecule has 0 aliphatic carbocycles. The fraction of sp³-hybridized carbons (Fsp3) is 0.111. The van der Waals surface area contributed by atoms with Crippen LogP contribution in [0.3, 0.4) is 0 Å². The second-order valence-corrected chi connectivity index (χ2v) is 7.93. The second kappa shape index (κ2) is 10.1. The molecule has 182 valence electrons. The first-order valence-corrected chi connectivity index (χ1v) is 10.9. The van der Waals surface area contributed by atoms with Crippen LogP contribution in [-0.2, 0) is 16.2 Å². The van der Waals surface area contributed by atoms with Gasteiger partial charge in [-0.25, -0.2) is 9.69 Å². The minimum Gasteiger partial charge on any atom is -0.545 e. The number of hydrogen-bond acceptors (Lipinski definition) is 7. The molecule has 4 amide bonds. The molecule has 1 fully saturated rings. The summed E-state index contributed by atoms with van der Waals surface area (Å²) in [6, 6.07) is 17.0. The maximum absolute atomic E-state index is 13.1. The van der Waals surface area contributed by atoms with Crippen molar-refractivity contribution in [1.29, 1.82) is 0 Å². The lowest BCUT2D eigenvalue weighted by molar-refractivity contribution is -0.255. The van der Waals surface area contributed by atoms with E-state index >= 15 is 0 Å². The van der Waals surface area contributed by atoms with Crippen molar-refractivity contribution in [3.05, 3.63) is 94.6 Å². The van der Waals surface area contributed by atoms with Crippen LogP contribution in [0, 0.1) is 6.92 Å². The van der Waals surface area contributed by atoms with Crippen LogP contribution in [-0.4, -0.2) is 30.9 Å². The van der Waals surface area contributed by atoms with Gasteiger partial charge in [-0.05, 0) is 59.5 Å². The number of rotatable bonds is 7. The molecule has 4 rings (SSSR count). The molecular weight excluding hydrogens is 464 g/mol. The maximum Gasteiger partial charge on any atom is 0.335 e. The van der Waals surface area contributed by atoms with Crippen molar-refractivity contribution in [2.24, 2.45) is 0 Å². The number of carboxylic acid groups (broad SMARTS) is 1. The van der Waals surface area contributed by atoms with E-state index in [9.17, 15) is 24.3 Å². The van der Waals surface area contributed by atoms with Gasteiger partial charge in [0, 0.05) is 0 Å². The molecule has 1 heterocycles. The number of benzene rings is 3. The van der Waals surface area contributed by atoms with Crippen LogP contribution in [0.1, 0.15) is 27.0 Å². The summed E-state index contributed by atoms with van der Waals surface area (Å²) in [5.41, 5.74) is 1.99. The number of ether oxygens (including phenoxy) is 2. The van der Waals surface area contributed by atoms with Gasteiger partial charge >= 0.3 is 6.03 Å². The van der Waals surface area contributed by atoms with E-state index in [1.165, 1.54) is 25.3 Å². The van der Waals surface area contributed by atoms with Crippen LogP contribution in [0.5, 0.6) is 11.5 Å². The number of anilines is 1. The van der Waals surface area contributed by atoms with Crippen molar-refractivity contribution in [3.8, 4) is 11.5 Å². The third-order valence-corrected chi connectivity index (χ3v) is 5.51. The van der Waals surface area contributed by atoms with E-state index in [0.29, 0.717) is 33.9 Å². The van der Waals surface area contributed by atoms with Gasteiger partial charge in [0.15, 0.2) is 11.5 Å². The fourth-order valence-electron chi connectivity index (χ4n) is 3.70. The molecule has 1 aliphatic heterocycles. The van der Waals surface area contributed by atoms with Crippen molar-refractivity contribution in [3.63, 3.8) is 0 Å². The van der Waals surface area contributed by atoms with Crippen LogP contribution in [0.2, 0.25) is 0 Å². The number of carbonyl (C=O) groups is 4. The summed E-state index contributed by atoms with van der Waals surface area (Å²) in [5.74, 6) is -2.13. The Morgan fingerprint density at radius 3 is 2.50 bits per heavy atom. The van der Waals surface area contributed by atoms with Gasteiger partial charge in [0.2, 0.25) is 0 Å². The highest BCUT2D eigenvalue weighted by Gasteiger charge is 2.37. The zero-order chi connectivity index (χ0) is 25.8. The van der Waals surface area contributed by atoms with Gasteiger partial charge in [-0.2, -0.15) is 0 Å². The van der Waals surface area contributed by atoms with Gasteiger partial charge in [0.1, 0.15) is 12.2 Å². The molecule has 0 spiro atoms. The molecule has 0 saturated carbocycles. The van der Waals surface area contributed by atoms with E-state index in [1.54, 1.807) is 61.5 Å². The normalized spacial score (nSPS) is 14.6. The first-order chi connectivity index (χ1) is 17.3. The Bertz CT molecular complexity index is 1410. The molecule has 9 nitrogen and oxygen atoms in total. The molecule has 0 bridgehead atoms. The average molecular weight is 485 g/mol. The fourth-order valence-corrected chi connectivity index (χ4v) is 3.70. The van der Waals surface area contributed by atoms with Gasteiger partial charge in [-0.3, -0.25) is 14.9 Å². The highest BCUT2D eigenvalue weighted by molar-refractivity contribution is 6.39. The quantitative estimate of drug-likeness (QED) is 0.403. The Morgan fingerprint density at radius 2 is 1.78 bits per heavy atom. The third kappa shape index (κ3) is 4.95. The summed E-state index contributed by atoms with van der Waals surface area (Å²) in [6.07, 6.45) is 1.37. The summed E-state index contributed by atoms with van der Waals surface area (Å²) < 4.78 is 11.2. The average Bonchev–Trinajstić information content (AvgIpc) is 2.86. The Labute approximate surface area is 206 Å². The molecule has 0 unspecified atom stereocenters. The van der Waals surface area contributed by atoms with E-state index in [-0.39, 0.29) is 17.7 Å². The van der Waals surface area contributed by atoms with E-state index in [1.807, 2.05) is 0 Å². The first kappa shape index (κ1) is 24.2. The van der Waals surface area contributed by atoms with Crippen LogP contribution in [0.15, 0.2) is 72.3 Å². The molecule has 0 atom stereocenters. The molecule has 3 aromatic rings. The van der Waals surface area contributed by atoms with E-state index in [0.717, 1.165) is 4.90 Å². The lowest BCUT2D eigenvalue weighted by Crippen LogP contribution is -2.54. The number of carbonyl (C=O) groups excluding carboxylic acids is 4. The van der Waals surface area contributed by atoms with Crippen molar-refractivity contribution in [2.75, 3.05) is 12.0 Å². The minimum atomic E-state index is -1.28. The number of nitrogens with one attached hydrogen (secondary N) is 1. The van der Waals surface area contributed by atoms with Crippen molar-refractivity contribution in [1.82, 2.24) is 5.32 Å². The van der Waals surface area contributed by atoms with Gasteiger partial charge in [0.05, 0.1) is 18.8 Å². The lowest BCUT2D eigenvalue weighted by atomic mass is 10.1. The summed E-state index contributed by atoms with van der Waals surface area (Å²) in [5, 5.41) is 13.3. The van der Waals surface area contributed by atoms with Gasteiger partial charge in [0.25, 0.3) is 11.8 Å². The highest BCUT2D eigenvalue weighted by Crippen LogP contribution is 2.31. The number of carboxylic acids is 1. The van der Waals surface area contributed by atoms with Crippen LogP contribution >= 0.6 is 0 Å². The standard InChI is InChI=1S/C27H22N2O7/c1-16-6-3-4-9-21(16)29-25(31)20(24(30)28-27(29)34)13-17-10-11-22(23(14-17)35-2)36-15-18-7-5-8-19(12-18)26(32)33/h3-14H,15H2,1-2H3,(H,32,33)(H,28,30,34)/p-1/b20-13-. The molecular formula is C27H21N2O7-. The summed E-state index contributed by atoms with van der Waals surface area (Å²) >= 11 is 0. The number of hydrogen-bond donors (Lipinski definition) is 1. The number of methoxy groups -OCH3 is 1. The second-order valence-electron chi connectivity index (χ2n) is 7.93. The predicted octanol–water partition coefficient (Wildman–Crippen LogP) is 2.61. The zero-order valence-electron chi connectivity index (χ0n) is 19.4. The van der Waals surface area contributed by atoms with E-state index < -0.39 is 23.8 Å². The summed E-state index contributed by atoms with van der Waals surface area (Å²) in [6.45, 7) is 1.83. The van der Waals surface area contributed by atoms with Crippen molar-refractivity contribution in [2.45, 2.75) is 13.5 Å². The molecule has 3 aromatic carbocycles. The molecule has 9 heteroatoms. The Morgan fingerprint density at radius 1 is 1.00 bits per heavy atom. The third-order valence-electron chi connectivity index (χ3n) is 5.51. The summed E-state index contributed by atoms with van der Waals surface area (Å²) in [7, 11) is 1.44. The molecule has 36 heavy (non-hydrogen) atoms. The largest absolute Gasteiger partial charge is 0.545 e. The van der Waals surface area contributed by atoms with Crippen LogP contribution in [0.25, 0.3) is 6.08 Å². The topological polar surface area (TPSA) is 125 Å². The Balaban J connectivity index is 1.59. The monoisotopic (exact) mass is 485 g/mol. The Kier molecular flexibility index (Phi) is 6.82. The number of imide groups is 2. The first-order valence-electron chi connectivity index (χ1n) is 10.9.